The fourth-order valence-electron chi connectivity index (χ4n) is 1.69. The molecule has 1 unspecified atom stereocenters. The SMILES string of the molecule is CCCNC(=O)C(C)NCc1nccn1CCC. The molecule has 1 aromatic heterocycles. The Hall–Kier alpha value is -1.36. The molecule has 1 rings (SSSR count). The van der Waals surface area contributed by atoms with Crippen molar-refractivity contribution in [2.24, 2.45) is 0 Å². The summed E-state index contributed by atoms with van der Waals surface area (Å²) in [5.41, 5.74) is 0. The molecule has 0 aromatic carbocycles. The number of hydrogen-bond donors (Lipinski definition) is 2. The van der Waals surface area contributed by atoms with Crippen molar-refractivity contribution in [2.75, 3.05) is 6.54 Å². The third-order valence-corrected chi connectivity index (χ3v) is 2.78. The molecule has 18 heavy (non-hydrogen) atoms. The Balaban J connectivity index is 2.39. The van der Waals surface area contributed by atoms with E-state index in [4.69, 9.17) is 0 Å². The Morgan fingerprint density at radius 2 is 2.22 bits per heavy atom. The molecule has 0 bridgehead atoms. The molecule has 0 radical (unpaired) electrons. The summed E-state index contributed by atoms with van der Waals surface area (Å²) in [6, 6.07) is -0.191. The summed E-state index contributed by atoms with van der Waals surface area (Å²) in [5.74, 6) is 1.03. The highest BCUT2D eigenvalue weighted by Crippen LogP contribution is 1.99. The zero-order valence-corrected chi connectivity index (χ0v) is 11.6. The molecule has 0 spiro atoms. The molecule has 1 atom stereocenters. The van der Waals surface area contributed by atoms with Gasteiger partial charge in [0.2, 0.25) is 5.91 Å². The number of aryl methyl sites for hydroxylation is 1. The van der Waals surface area contributed by atoms with Crippen LogP contribution in [0.15, 0.2) is 12.4 Å². The fraction of sp³-hybridized carbons (Fsp3) is 0.692. The van der Waals surface area contributed by atoms with E-state index < -0.39 is 0 Å². The first-order valence-electron chi connectivity index (χ1n) is 6.70. The van der Waals surface area contributed by atoms with Crippen molar-refractivity contribution in [3.05, 3.63) is 18.2 Å². The zero-order valence-electron chi connectivity index (χ0n) is 11.6. The van der Waals surface area contributed by atoms with Crippen molar-refractivity contribution in [1.29, 1.82) is 0 Å². The van der Waals surface area contributed by atoms with Gasteiger partial charge in [-0.1, -0.05) is 13.8 Å². The first-order chi connectivity index (χ1) is 8.69. The van der Waals surface area contributed by atoms with E-state index in [2.05, 4.69) is 27.1 Å². The Morgan fingerprint density at radius 3 is 2.89 bits per heavy atom. The van der Waals surface area contributed by atoms with Crippen molar-refractivity contribution in [3.8, 4) is 0 Å². The molecule has 0 saturated heterocycles. The van der Waals surface area contributed by atoms with Crippen LogP contribution in [0.2, 0.25) is 0 Å². The Bertz CT molecular complexity index is 362. The molecule has 1 heterocycles. The number of imidazole rings is 1. The third-order valence-electron chi connectivity index (χ3n) is 2.78. The number of hydrogen-bond acceptors (Lipinski definition) is 3. The van der Waals surface area contributed by atoms with Crippen LogP contribution in [0.25, 0.3) is 0 Å². The van der Waals surface area contributed by atoms with Crippen LogP contribution in [0.3, 0.4) is 0 Å². The molecular weight excluding hydrogens is 228 g/mol. The van der Waals surface area contributed by atoms with E-state index in [9.17, 15) is 4.79 Å². The van der Waals surface area contributed by atoms with Crippen LogP contribution >= 0.6 is 0 Å². The summed E-state index contributed by atoms with van der Waals surface area (Å²) in [5, 5.41) is 6.07. The number of carbonyl (C=O) groups is 1. The molecule has 0 aliphatic rings. The Labute approximate surface area is 109 Å². The number of amides is 1. The van der Waals surface area contributed by atoms with Crippen molar-refractivity contribution in [2.45, 2.75) is 52.7 Å². The molecular formula is C13H24N4O. The number of rotatable bonds is 8. The molecule has 102 valence electrons. The van der Waals surface area contributed by atoms with Gasteiger partial charge in [0.1, 0.15) is 5.82 Å². The third kappa shape index (κ3) is 4.49. The molecule has 1 amide bonds. The highest BCUT2D eigenvalue weighted by molar-refractivity contribution is 5.81. The average Bonchev–Trinajstić information content (AvgIpc) is 2.81. The van der Waals surface area contributed by atoms with Gasteiger partial charge in [0, 0.05) is 25.5 Å². The van der Waals surface area contributed by atoms with Crippen LogP contribution < -0.4 is 10.6 Å². The van der Waals surface area contributed by atoms with E-state index in [1.807, 2.05) is 20.0 Å². The number of nitrogens with one attached hydrogen (secondary N) is 2. The van der Waals surface area contributed by atoms with Gasteiger partial charge in [-0.15, -0.1) is 0 Å². The van der Waals surface area contributed by atoms with Gasteiger partial charge in [-0.25, -0.2) is 4.98 Å². The van der Waals surface area contributed by atoms with E-state index in [1.165, 1.54) is 0 Å². The van der Waals surface area contributed by atoms with Gasteiger partial charge in [0.15, 0.2) is 0 Å². The van der Waals surface area contributed by atoms with Gasteiger partial charge in [-0.3, -0.25) is 10.1 Å². The van der Waals surface area contributed by atoms with E-state index in [0.29, 0.717) is 6.54 Å². The zero-order chi connectivity index (χ0) is 13.4. The number of nitrogens with zero attached hydrogens (tertiary/aromatic N) is 2. The molecule has 0 aliphatic heterocycles. The second-order valence-electron chi connectivity index (χ2n) is 4.43. The second kappa shape index (κ2) is 7.87. The number of aromatic nitrogens is 2. The lowest BCUT2D eigenvalue weighted by atomic mass is 10.3. The quantitative estimate of drug-likeness (QED) is 0.733. The van der Waals surface area contributed by atoms with Crippen LogP contribution in [0.5, 0.6) is 0 Å². The van der Waals surface area contributed by atoms with Gasteiger partial charge in [-0.2, -0.15) is 0 Å². The van der Waals surface area contributed by atoms with Gasteiger partial charge in [0.05, 0.1) is 12.6 Å². The van der Waals surface area contributed by atoms with Crippen LogP contribution in [-0.4, -0.2) is 28.0 Å². The monoisotopic (exact) mass is 252 g/mol. The lowest BCUT2D eigenvalue weighted by molar-refractivity contribution is -0.122. The first-order valence-corrected chi connectivity index (χ1v) is 6.70. The highest BCUT2D eigenvalue weighted by Gasteiger charge is 2.12. The maximum absolute atomic E-state index is 11.7. The minimum absolute atomic E-state index is 0.0467. The van der Waals surface area contributed by atoms with E-state index in [0.717, 1.165) is 31.8 Å². The molecule has 0 saturated carbocycles. The molecule has 2 N–H and O–H groups in total. The van der Waals surface area contributed by atoms with Gasteiger partial charge < -0.3 is 9.88 Å². The van der Waals surface area contributed by atoms with Gasteiger partial charge in [-0.05, 0) is 19.8 Å². The summed E-state index contributed by atoms with van der Waals surface area (Å²) in [6.45, 7) is 8.37. The van der Waals surface area contributed by atoms with Crippen molar-refractivity contribution in [3.63, 3.8) is 0 Å². The largest absolute Gasteiger partial charge is 0.355 e. The second-order valence-corrected chi connectivity index (χ2v) is 4.43. The van der Waals surface area contributed by atoms with Gasteiger partial charge in [0.25, 0.3) is 0 Å². The van der Waals surface area contributed by atoms with Crippen LogP contribution in [0.1, 0.15) is 39.4 Å². The smallest absolute Gasteiger partial charge is 0.236 e. The average molecular weight is 252 g/mol. The fourth-order valence-corrected chi connectivity index (χ4v) is 1.69. The lowest BCUT2D eigenvalue weighted by Gasteiger charge is -2.14. The molecule has 0 aliphatic carbocycles. The minimum Gasteiger partial charge on any atom is -0.355 e. The normalized spacial score (nSPS) is 12.4. The predicted octanol–water partition coefficient (Wildman–Crippen LogP) is 1.30. The van der Waals surface area contributed by atoms with Crippen LogP contribution in [0.4, 0.5) is 0 Å². The summed E-state index contributed by atoms with van der Waals surface area (Å²) in [4.78, 5) is 16.0. The summed E-state index contributed by atoms with van der Waals surface area (Å²) in [6.07, 6.45) is 5.81. The Morgan fingerprint density at radius 1 is 1.44 bits per heavy atom. The lowest BCUT2D eigenvalue weighted by Crippen LogP contribution is -2.42. The first kappa shape index (κ1) is 14.7. The van der Waals surface area contributed by atoms with E-state index in [-0.39, 0.29) is 11.9 Å². The summed E-state index contributed by atoms with van der Waals surface area (Å²) in [7, 11) is 0. The van der Waals surface area contributed by atoms with Crippen LogP contribution in [-0.2, 0) is 17.9 Å². The predicted molar refractivity (Wildman–Crippen MR) is 72.1 cm³/mol. The van der Waals surface area contributed by atoms with Crippen molar-refractivity contribution in [1.82, 2.24) is 20.2 Å². The van der Waals surface area contributed by atoms with Crippen molar-refractivity contribution < 1.29 is 4.79 Å². The maximum atomic E-state index is 11.7. The van der Waals surface area contributed by atoms with Crippen LogP contribution in [0, 0.1) is 0 Å². The van der Waals surface area contributed by atoms with Crippen molar-refractivity contribution >= 4 is 5.91 Å². The van der Waals surface area contributed by atoms with E-state index >= 15 is 0 Å². The molecule has 5 nitrogen and oxygen atoms in total. The molecule has 5 heteroatoms. The molecule has 1 aromatic rings. The summed E-state index contributed by atoms with van der Waals surface area (Å²) < 4.78 is 2.11. The number of carbonyl (C=O) groups excluding carboxylic acids is 1. The van der Waals surface area contributed by atoms with E-state index in [1.54, 1.807) is 6.20 Å². The standard InChI is InChI=1S/C13H24N4O/c1-4-6-15-13(18)11(3)16-10-12-14-7-9-17(12)8-5-2/h7,9,11,16H,4-6,8,10H2,1-3H3,(H,15,18). The maximum Gasteiger partial charge on any atom is 0.236 e. The summed E-state index contributed by atoms with van der Waals surface area (Å²) >= 11 is 0. The topological polar surface area (TPSA) is 59.0 Å². The Kier molecular flexibility index (Phi) is 6.43. The molecule has 0 fully saturated rings. The minimum atomic E-state index is -0.191. The highest BCUT2D eigenvalue weighted by atomic mass is 16.2. The van der Waals surface area contributed by atoms with Gasteiger partial charge >= 0.3 is 0 Å².